The summed E-state index contributed by atoms with van der Waals surface area (Å²) in [6.45, 7) is 0.542. The highest BCUT2D eigenvalue weighted by Gasteiger charge is 1.99. The molecule has 5 heteroatoms. The molecule has 2 aromatic rings. The fourth-order valence-electron chi connectivity index (χ4n) is 1.43. The van der Waals surface area contributed by atoms with E-state index in [9.17, 15) is 4.79 Å². The predicted molar refractivity (Wildman–Crippen MR) is 84.4 cm³/mol. The molecule has 0 fully saturated rings. The zero-order chi connectivity index (χ0) is 13.7. The molecule has 1 amide bonds. The summed E-state index contributed by atoms with van der Waals surface area (Å²) in [6.07, 6.45) is 3.28. The summed E-state index contributed by atoms with van der Waals surface area (Å²) in [4.78, 5) is 12.7. The lowest BCUT2D eigenvalue weighted by Crippen LogP contribution is -2.19. The summed E-state index contributed by atoms with van der Waals surface area (Å²) in [7, 11) is 0. The van der Waals surface area contributed by atoms with Crippen molar-refractivity contribution in [3.63, 3.8) is 0 Å². The molecule has 0 aliphatic carbocycles. The molecule has 0 aliphatic heterocycles. The molecule has 0 saturated carbocycles. The molecule has 1 N–H and O–H groups in total. The fourth-order valence-corrected chi connectivity index (χ4v) is 2.94. The number of carbonyl (C=O) groups is 1. The maximum Gasteiger partial charge on any atom is 0.244 e. The van der Waals surface area contributed by atoms with Crippen molar-refractivity contribution in [1.29, 1.82) is 0 Å². The standard InChI is InChI=1S/C14H11BrClNOS/c15-11-7-13(19-9-11)8-17-14(18)6-3-10-1-4-12(16)5-2-10/h1-7,9H,8H2,(H,17,18). The Morgan fingerprint density at radius 2 is 2.11 bits per heavy atom. The van der Waals surface area contributed by atoms with E-state index in [1.54, 1.807) is 29.5 Å². The van der Waals surface area contributed by atoms with Crippen LogP contribution in [0.4, 0.5) is 0 Å². The number of rotatable bonds is 4. The fraction of sp³-hybridized carbons (Fsp3) is 0.0714. The van der Waals surface area contributed by atoms with Gasteiger partial charge in [-0.15, -0.1) is 11.3 Å². The lowest BCUT2D eigenvalue weighted by Gasteiger charge is -1.99. The molecular weight excluding hydrogens is 346 g/mol. The van der Waals surface area contributed by atoms with Crippen LogP contribution in [0.3, 0.4) is 0 Å². The first-order valence-electron chi connectivity index (χ1n) is 5.58. The zero-order valence-electron chi connectivity index (χ0n) is 9.90. The Morgan fingerprint density at radius 1 is 1.37 bits per heavy atom. The Hall–Kier alpha value is -1.10. The van der Waals surface area contributed by atoms with Crippen molar-refractivity contribution in [3.05, 3.63) is 61.7 Å². The molecule has 0 unspecified atom stereocenters. The number of halogens is 2. The largest absolute Gasteiger partial charge is 0.348 e. The molecule has 1 heterocycles. The van der Waals surface area contributed by atoms with E-state index in [4.69, 9.17) is 11.6 Å². The quantitative estimate of drug-likeness (QED) is 0.803. The van der Waals surface area contributed by atoms with E-state index in [-0.39, 0.29) is 5.91 Å². The highest BCUT2D eigenvalue weighted by atomic mass is 79.9. The number of carbonyl (C=O) groups excluding carboxylic acids is 1. The minimum atomic E-state index is -0.112. The maximum absolute atomic E-state index is 11.6. The molecule has 0 atom stereocenters. The third-order valence-corrected chi connectivity index (χ3v) is 4.31. The molecule has 1 aromatic carbocycles. The lowest BCUT2D eigenvalue weighted by molar-refractivity contribution is -0.116. The van der Waals surface area contributed by atoms with Gasteiger partial charge in [0.25, 0.3) is 0 Å². The summed E-state index contributed by atoms with van der Waals surface area (Å²) >= 11 is 10.8. The Balaban J connectivity index is 1.85. The van der Waals surface area contributed by atoms with Crippen LogP contribution >= 0.6 is 38.9 Å². The van der Waals surface area contributed by atoms with Gasteiger partial charge >= 0.3 is 0 Å². The minimum Gasteiger partial charge on any atom is -0.348 e. The number of nitrogens with one attached hydrogen (secondary N) is 1. The van der Waals surface area contributed by atoms with Gasteiger partial charge < -0.3 is 5.32 Å². The van der Waals surface area contributed by atoms with Crippen LogP contribution in [-0.4, -0.2) is 5.91 Å². The summed E-state index contributed by atoms with van der Waals surface area (Å²) in [5.74, 6) is -0.112. The second kappa shape index (κ2) is 6.89. The molecule has 0 saturated heterocycles. The Morgan fingerprint density at radius 3 is 2.74 bits per heavy atom. The highest BCUT2D eigenvalue weighted by molar-refractivity contribution is 9.10. The van der Waals surface area contributed by atoms with E-state index in [0.29, 0.717) is 11.6 Å². The zero-order valence-corrected chi connectivity index (χ0v) is 13.1. The first kappa shape index (κ1) is 14.3. The SMILES string of the molecule is O=C(C=Cc1ccc(Cl)cc1)NCc1cc(Br)cs1. The molecular formula is C14H11BrClNOS. The first-order valence-corrected chi connectivity index (χ1v) is 7.63. The molecule has 2 nitrogen and oxygen atoms in total. The normalized spacial score (nSPS) is 10.8. The summed E-state index contributed by atoms with van der Waals surface area (Å²) in [5, 5.41) is 5.51. The van der Waals surface area contributed by atoms with Gasteiger partial charge in [0.15, 0.2) is 0 Å². The van der Waals surface area contributed by atoms with Crippen LogP contribution in [-0.2, 0) is 11.3 Å². The number of hydrogen-bond acceptors (Lipinski definition) is 2. The molecule has 0 aliphatic rings. The van der Waals surface area contributed by atoms with Crippen molar-refractivity contribution in [1.82, 2.24) is 5.32 Å². The number of benzene rings is 1. The molecule has 19 heavy (non-hydrogen) atoms. The van der Waals surface area contributed by atoms with Gasteiger partial charge in [0.1, 0.15) is 0 Å². The van der Waals surface area contributed by atoms with Crippen LogP contribution in [0.2, 0.25) is 5.02 Å². The van der Waals surface area contributed by atoms with Gasteiger partial charge in [0, 0.05) is 25.8 Å². The van der Waals surface area contributed by atoms with E-state index in [0.717, 1.165) is 14.9 Å². The first-order chi connectivity index (χ1) is 9.13. The summed E-state index contributed by atoms with van der Waals surface area (Å²) in [6, 6.07) is 9.31. The van der Waals surface area contributed by atoms with E-state index in [1.807, 2.05) is 23.6 Å². The number of thiophene rings is 1. The van der Waals surface area contributed by atoms with Gasteiger partial charge in [-0.2, -0.15) is 0 Å². The Bertz CT molecular complexity index is 592. The van der Waals surface area contributed by atoms with Crippen LogP contribution in [0.15, 0.2) is 46.3 Å². The van der Waals surface area contributed by atoms with E-state index < -0.39 is 0 Å². The van der Waals surface area contributed by atoms with Crippen molar-refractivity contribution < 1.29 is 4.79 Å². The van der Waals surface area contributed by atoms with E-state index in [1.165, 1.54) is 6.08 Å². The second-order valence-corrected chi connectivity index (χ2v) is 6.18. The summed E-state index contributed by atoms with van der Waals surface area (Å²) in [5.41, 5.74) is 0.943. The monoisotopic (exact) mass is 355 g/mol. The number of hydrogen-bond donors (Lipinski definition) is 1. The van der Waals surface area contributed by atoms with Crippen molar-refractivity contribution in [2.24, 2.45) is 0 Å². The van der Waals surface area contributed by atoms with Crippen molar-refractivity contribution in [2.75, 3.05) is 0 Å². The van der Waals surface area contributed by atoms with Crippen LogP contribution in [0, 0.1) is 0 Å². The third kappa shape index (κ3) is 4.82. The smallest absolute Gasteiger partial charge is 0.244 e. The predicted octanol–water partition coefficient (Wildman–Crippen LogP) is 4.49. The summed E-state index contributed by atoms with van der Waals surface area (Å²) < 4.78 is 1.04. The maximum atomic E-state index is 11.6. The average Bonchev–Trinajstić information content (AvgIpc) is 2.81. The van der Waals surface area contributed by atoms with Crippen LogP contribution < -0.4 is 5.32 Å². The van der Waals surface area contributed by atoms with Gasteiger partial charge in [-0.3, -0.25) is 4.79 Å². The van der Waals surface area contributed by atoms with Gasteiger partial charge in [0.2, 0.25) is 5.91 Å². The third-order valence-electron chi connectivity index (χ3n) is 2.36. The van der Waals surface area contributed by atoms with Gasteiger partial charge in [-0.1, -0.05) is 23.7 Å². The second-order valence-electron chi connectivity index (χ2n) is 3.83. The van der Waals surface area contributed by atoms with Crippen LogP contribution in [0.1, 0.15) is 10.4 Å². The molecule has 0 radical (unpaired) electrons. The van der Waals surface area contributed by atoms with Gasteiger partial charge in [-0.05, 0) is 45.8 Å². The van der Waals surface area contributed by atoms with E-state index in [2.05, 4.69) is 21.2 Å². The van der Waals surface area contributed by atoms with Gasteiger partial charge in [0.05, 0.1) is 6.54 Å². The van der Waals surface area contributed by atoms with Crippen molar-refractivity contribution in [2.45, 2.75) is 6.54 Å². The topological polar surface area (TPSA) is 29.1 Å². The Kier molecular flexibility index (Phi) is 5.19. The van der Waals surface area contributed by atoms with Gasteiger partial charge in [-0.25, -0.2) is 0 Å². The molecule has 98 valence electrons. The van der Waals surface area contributed by atoms with Crippen LogP contribution in [0.25, 0.3) is 6.08 Å². The van der Waals surface area contributed by atoms with Crippen molar-refractivity contribution in [3.8, 4) is 0 Å². The Labute approximate surface area is 129 Å². The molecule has 1 aromatic heterocycles. The molecule has 0 bridgehead atoms. The highest BCUT2D eigenvalue weighted by Crippen LogP contribution is 2.19. The van der Waals surface area contributed by atoms with E-state index >= 15 is 0 Å². The van der Waals surface area contributed by atoms with Crippen LogP contribution in [0.5, 0.6) is 0 Å². The lowest BCUT2D eigenvalue weighted by atomic mass is 10.2. The minimum absolute atomic E-state index is 0.112. The van der Waals surface area contributed by atoms with Crippen molar-refractivity contribution >= 4 is 50.9 Å². The molecule has 0 spiro atoms. The average molecular weight is 357 g/mol. The molecule has 2 rings (SSSR count). The number of amides is 1.